The molecule has 4 aliphatic heterocycles. The first-order valence-corrected chi connectivity index (χ1v) is 21.7. The zero-order chi connectivity index (χ0) is 44.1. The molecule has 6 aliphatic rings. The Kier molecular flexibility index (Phi) is 9.48. The number of ether oxygens (including phenoxy) is 1. The summed E-state index contributed by atoms with van der Waals surface area (Å²) in [5.41, 5.74) is 1.59. The maximum atomic E-state index is 13.6. The fraction of sp³-hybridized carbons (Fsp3) is 0.447. The van der Waals surface area contributed by atoms with E-state index < -0.39 is 40.5 Å². The number of piperidine rings is 2. The third-order valence-electron chi connectivity index (χ3n) is 14.7. The highest BCUT2D eigenvalue weighted by Crippen LogP contribution is 2.56. The van der Waals surface area contributed by atoms with E-state index in [9.17, 15) is 34.0 Å². The Morgan fingerprint density at radius 1 is 0.889 bits per heavy atom. The fourth-order valence-corrected chi connectivity index (χ4v) is 11.5. The Bertz CT molecular complexity index is 2690. The van der Waals surface area contributed by atoms with Crippen molar-refractivity contribution in [2.75, 3.05) is 55.6 Å². The number of H-pyrrole nitrogens is 1. The van der Waals surface area contributed by atoms with Crippen molar-refractivity contribution >= 4 is 51.9 Å². The van der Waals surface area contributed by atoms with Crippen LogP contribution in [0.1, 0.15) is 77.2 Å². The number of rotatable bonds is 9. The molecule has 2 aromatic heterocycles. The molecular weight excluding hydrogens is 803 g/mol. The van der Waals surface area contributed by atoms with Gasteiger partial charge in [0.1, 0.15) is 29.8 Å². The van der Waals surface area contributed by atoms with Gasteiger partial charge in [0.15, 0.2) is 0 Å². The largest absolute Gasteiger partial charge is 0.488 e. The molecule has 16 heteroatoms. The molecule has 3 saturated heterocycles. The number of pyridine rings is 2. The molecule has 2 aliphatic carbocycles. The topological polar surface area (TPSA) is 201 Å². The molecule has 2 saturated carbocycles. The number of anilines is 2. The lowest BCUT2D eigenvalue weighted by atomic mass is 9.49. The molecule has 6 heterocycles. The van der Waals surface area contributed by atoms with Gasteiger partial charge in [-0.1, -0.05) is 27.7 Å². The van der Waals surface area contributed by atoms with Crippen molar-refractivity contribution < 1.29 is 28.7 Å². The number of benzene rings is 2. The first-order valence-electron chi connectivity index (χ1n) is 21.7. The van der Waals surface area contributed by atoms with Crippen LogP contribution in [0.25, 0.3) is 10.9 Å². The Labute approximate surface area is 363 Å². The summed E-state index contributed by atoms with van der Waals surface area (Å²) in [6, 6.07) is 16.5. The maximum Gasteiger partial charge on any atom is 0.262 e. The molecule has 3 N–H and O–H groups in total. The van der Waals surface area contributed by atoms with Gasteiger partial charge in [0, 0.05) is 92.4 Å². The molecule has 5 fully saturated rings. The number of hydrogen-bond acceptors (Lipinski definition) is 12. The van der Waals surface area contributed by atoms with Gasteiger partial charge in [0.05, 0.1) is 27.8 Å². The summed E-state index contributed by atoms with van der Waals surface area (Å²) >= 11 is 0. The summed E-state index contributed by atoms with van der Waals surface area (Å²) in [5.74, 6) is 1.07. The minimum absolute atomic E-state index is 0.0847. The highest BCUT2D eigenvalue weighted by atomic mass is 16.5. The Hall–Kier alpha value is -6.60. The summed E-state index contributed by atoms with van der Waals surface area (Å²) in [7, 11) is 0. The normalized spacial score (nSPS) is 27.1. The van der Waals surface area contributed by atoms with Gasteiger partial charge in [-0.05, 0) is 72.7 Å². The molecule has 0 bridgehead atoms. The summed E-state index contributed by atoms with van der Waals surface area (Å²) in [5, 5.41) is 15.7. The van der Waals surface area contributed by atoms with E-state index in [4.69, 9.17) is 9.72 Å². The van der Waals surface area contributed by atoms with Crippen LogP contribution in [-0.4, -0.2) is 113 Å². The number of imide groups is 2. The predicted octanol–water partition coefficient (Wildman–Crippen LogP) is 3.31. The number of aromatic nitrogens is 2. The van der Waals surface area contributed by atoms with Gasteiger partial charge in [-0.3, -0.25) is 43.9 Å². The zero-order valence-corrected chi connectivity index (χ0v) is 35.6. The molecule has 16 nitrogen and oxygen atoms in total. The Morgan fingerprint density at radius 2 is 1.62 bits per heavy atom. The van der Waals surface area contributed by atoms with Crippen LogP contribution in [0.2, 0.25) is 0 Å². The molecule has 63 heavy (non-hydrogen) atoms. The number of nitrogens with one attached hydrogen (secondary N) is 3. The third kappa shape index (κ3) is 6.71. The Balaban J connectivity index is 0.697. The molecule has 0 radical (unpaired) electrons. The van der Waals surface area contributed by atoms with E-state index in [1.54, 1.807) is 36.5 Å². The molecule has 5 amide bonds. The van der Waals surface area contributed by atoms with E-state index >= 15 is 0 Å². The lowest BCUT2D eigenvalue weighted by molar-refractivity contribution is -0.163. The number of carbonyl (C=O) groups excluding carboxylic acids is 5. The molecule has 4 aromatic rings. The highest BCUT2D eigenvalue weighted by molar-refractivity contribution is 6.23. The second-order valence-electron chi connectivity index (χ2n) is 19.1. The van der Waals surface area contributed by atoms with Crippen LogP contribution in [0.3, 0.4) is 0 Å². The number of nitriles is 1. The van der Waals surface area contributed by atoms with Crippen molar-refractivity contribution in [2.24, 2.45) is 28.6 Å². The van der Waals surface area contributed by atoms with Crippen molar-refractivity contribution in [3.63, 3.8) is 0 Å². The number of aromatic amines is 1. The monoisotopic (exact) mass is 851 g/mol. The summed E-state index contributed by atoms with van der Waals surface area (Å²) in [6.45, 7) is 14.5. The lowest BCUT2D eigenvalue weighted by Gasteiger charge is -2.63. The van der Waals surface area contributed by atoms with Gasteiger partial charge >= 0.3 is 0 Å². The van der Waals surface area contributed by atoms with E-state index in [0.717, 1.165) is 62.2 Å². The number of nitrogens with zero attached hydrogens (tertiary/aromatic N) is 6. The maximum absolute atomic E-state index is 13.6. The third-order valence-corrected chi connectivity index (χ3v) is 14.7. The second-order valence-corrected chi connectivity index (χ2v) is 19.1. The first-order chi connectivity index (χ1) is 30.1. The van der Waals surface area contributed by atoms with Gasteiger partial charge in [-0.25, -0.2) is 4.98 Å². The quantitative estimate of drug-likeness (QED) is 0.208. The van der Waals surface area contributed by atoms with Crippen molar-refractivity contribution in [1.29, 1.82) is 5.26 Å². The van der Waals surface area contributed by atoms with E-state index in [1.807, 2.05) is 18.2 Å². The summed E-state index contributed by atoms with van der Waals surface area (Å²) in [4.78, 5) is 91.8. The molecule has 324 valence electrons. The first kappa shape index (κ1) is 40.5. The average molecular weight is 852 g/mol. The van der Waals surface area contributed by atoms with Crippen LogP contribution in [0.4, 0.5) is 11.5 Å². The van der Waals surface area contributed by atoms with Gasteiger partial charge in [-0.15, -0.1) is 0 Å². The van der Waals surface area contributed by atoms with Crippen LogP contribution >= 0.6 is 0 Å². The van der Waals surface area contributed by atoms with Gasteiger partial charge < -0.3 is 24.8 Å². The smallest absolute Gasteiger partial charge is 0.262 e. The second kappa shape index (κ2) is 14.8. The van der Waals surface area contributed by atoms with Crippen molar-refractivity contribution in [1.82, 2.24) is 30.4 Å². The average Bonchev–Trinajstić information content (AvgIpc) is 3.56. The summed E-state index contributed by atoms with van der Waals surface area (Å²) in [6.07, 6.45) is 1.60. The van der Waals surface area contributed by atoms with E-state index in [2.05, 4.69) is 64.1 Å². The van der Waals surface area contributed by atoms with Gasteiger partial charge in [0.2, 0.25) is 17.4 Å². The minimum atomic E-state index is -0.982. The van der Waals surface area contributed by atoms with Crippen LogP contribution in [0.15, 0.2) is 65.6 Å². The number of fused-ring (bicyclic) bond motifs is 3. The van der Waals surface area contributed by atoms with Crippen LogP contribution in [0, 0.1) is 39.9 Å². The van der Waals surface area contributed by atoms with E-state index in [1.165, 1.54) is 6.07 Å². The minimum Gasteiger partial charge on any atom is -0.488 e. The molecule has 0 spiro atoms. The predicted molar refractivity (Wildman–Crippen MR) is 231 cm³/mol. The number of carbonyl (C=O) groups is 5. The standard InChI is InChI=1S/C47H49N9O7/c1-46(2)44(47(3,4)45(46)63-35-11-5-25(20-48)39-29(35)9-13-37(57)50-39)52-40(59)26-6-12-36(49-21-26)55-23-32-31(33(32)24-55)22-53-15-17-54(18-16-53)27-7-8-28-30(19-27)43(62)56(42(28)61)34-10-14-38(58)51-41(34)60/h5-9,11-13,19,21,31-34,44-45H,10,14-18,22-24H2,1-4H3,(H,50,57)(H,52,59)(H,51,58,60)/t31?,32-,33+,34?,44?,45?. The molecular formula is C47H49N9O7. The van der Waals surface area contributed by atoms with Crippen molar-refractivity contribution in [3.8, 4) is 11.8 Å². The van der Waals surface area contributed by atoms with Gasteiger partial charge in [-0.2, -0.15) is 5.26 Å². The van der Waals surface area contributed by atoms with Gasteiger partial charge in [0.25, 0.3) is 17.7 Å². The molecule has 2 aromatic carbocycles. The molecule has 2 unspecified atom stereocenters. The number of hydrogen-bond donors (Lipinski definition) is 3. The molecule has 4 atom stereocenters. The van der Waals surface area contributed by atoms with Crippen LogP contribution < -0.4 is 30.7 Å². The van der Waals surface area contributed by atoms with Crippen molar-refractivity contribution in [2.45, 2.75) is 58.7 Å². The van der Waals surface area contributed by atoms with Crippen LogP contribution in [0.5, 0.6) is 5.75 Å². The van der Waals surface area contributed by atoms with E-state index in [-0.39, 0.29) is 42.0 Å². The SMILES string of the molecule is CC1(C)C(NC(=O)c2ccc(N3C[C@@H]4C(CN5CCN(c6ccc7c(c6)C(=O)N(C6CCC(=O)NC6=O)C7=O)CC5)[C@@H]4C3)nc2)C(C)(C)C1Oc1ccc(C#N)c2[nH]c(=O)ccc12. The molecule has 10 rings (SSSR count). The Morgan fingerprint density at radius 3 is 2.30 bits per heavy atom. The lowest BCUT2D eigenvalue weighted by Crippen LogP contribution is -2.74. The summed E-state index contributed by atoms with van der Waals surface area (Å²) < 4.78 is 6.61. The van der Waals surface area contributed by atoms with Crippen LogP contribution in [-0.2, 0) is 9.59 Å². The highest BCUT2D eigenvalue weighted by Gasteiger charge is 2.64. The van der Waals surface area contributed by atoms with E-state index in [0.29, 0.717) is 51.1 Å². The number of piperazine rings is 1. The fourth-order valence-electron chi connectivity index (χ4n) is 11.5. The number of amides is 5. The zero-order valence-electron chi connectivity index (χ0n) is 35.6. The van der Waals surface area contributed by atoms with Crippen molar-refractivity contribution in [3.05, 3.63) is 93.4 Å².